The van der Waals surface area contributed by atoms with Gasteiger partial charge in [-0.05, 0) is 43.2 Å². The van der Waals surface area contributed by atoms with Gasteiger partial charge in [-0.15, -0.1) is 0 Å². The van der Waals surface area contributed by atoms with Crippen LogP contribution in [0.3, 0.4) is 0 Å². The van der Waals surface area contributed by atoms with Gasteiger partial charge in [0.1, 0.15) is 5.60 Å². The number of aromatic nitrogens is 2. The number of likely N-dealkylation sites (tertiary alicyclic amines) is 1. The van der Waals surface area contributed by atoms with Crippen molar-refractivity contribution in [3.05, 3.63) is 82.6 Å². The molecule has 1 aliphatic rings. The molecule has 1 fully saturated rings. The first kappa shape index (κ1) is 18.6. The van der Waals surface area contributed by atoms with Gasteiger partial charge in [-0.25, -0.2) is 9.97 Å². The van der Waals surface area contributed by atoms with E-state index in [1.807, 2.05) is 43.3 Å². The molecule has 2 heterocycles. The fourth-order valence-electron chi connectivity index (χ4n) is 3.44. The number of benzene rings is 2. The molecule has 0 radical (unpaired) electrons. The number of nitrogens with zero attached hydrogens (tertiary/aromatic N) is 3. The van der Waals surface area contributed by atoms with E-state index in [-0.39, 0.29) is 12.5 Å². The van der Waals surface area contributed by atoms with Gasteiger partial charge in [-0.3, -0.25) is 4.79 Å². The zero-order chi connectivity index (χ0) is 19.7. The van der Waals surface area contributed by atoms with Crippen LogP contribution in [-0.4, -0.2) is 39.0 Å². The Morgan fingerprint density at radius 2 is 1.71 bits per heavy atom. The van der Waals surface area contributed by atoms with E-state index in [0.29, 0.717) is 29.4 Å². The van der Waals surface area contributed by atoms with Crippen LogP contribution in [0.5, 0.6) is 0 Å². The highest BCUT2D eigenvalue weighted by molar-refractivity contribution is 6.30. The highest BCUT2D eigenvalue weighted by Crippen LogP contribution is 2.32. The summed E-state index contributed by atoms with van der Waals surface area (Å²) in [6, 6.07) is 15.0. The minimum absolute atomic E-state index is 0.175. The molecule has 2 aromatic carbocycles. The SMILES string of the molecule is Cc1ccc([C@@]2(O)CCN(C(=O)c3cnc(-c4ccc(Cl)cc4)nc3)C2)cc1. The van der Waals surface area contributed by atoms with E-state index >= 15 is 0 Å². The van der Waals surface area contributed by atoms with Crippen LogP contribution in [-0.2, 0) is 5.60 Å². The molecule has 1 N–H and O–H groups in total. The Morgan fingerprint density at radius 3 is 2.36 bits per heavy atom. The highest BCUT2D eigenvalue weighted by atomic mass is 35.5. The molecule has 0 spiro atoms. The lowest BCUT2D eigenvalue weighted by molar-refractivity contribution is 0.0417. The first-order valence-corrected chi connectivity index (χ1v) is 9.49. The summed E-state index contributed by atoms with van der Waals surface area (Å²) in [6.07, 6.45) is 3.57. The molecule has 0 unspecified atom stereocenters. The fraction of sp³-hybridized carbons (Fsp3) is 0.227. The molecule has 0 bridgehead atoms. The molecule has 1 atom stereocenters. The van der Waals surface area contributed by atoms with Crippen LogP contribution >= 0.6 is 11.6 Å². The fourth-order valence-corrected chi connectivity index (χ4v) is 3.56. The van der Waals surface area contributed by atoms with Crippen molar-refractivity contribution >= 4 is 17.5 Å². The number of halogens is 1. The largest absolute Gasteiger partial charge is 0.383 e. The van der Waals surface area contributed by atoms with Gasteiger partial charge in [0.25, 0.3) is 5.91 Å². The predicted molar refractivity (Wildman–Crippen MR) is 108 cm³/mol. The molecule has 1 saturated heterocycles. The minimum Gasteiger partial charge on any atom is -0.383 e. The van der Waals surface area contributed by atoms with Gasteiger partial charge in [0.2, 0.25) is 0 Å². The smallest absolute Gasteiger partial charge is 0.257 e. The van der Waals surface area contributed by atoms with Crippen molar-refractivity contribution in [2.75, 3.05) is 13.1 Å². The predicted octanol–water partition coefficient (Wildman–Crippen LogP) is 3.84. The Labute approximate surface area is 168 Å². The summed E-state index contributed by atoms with van der Waals surface area (Å²) in [5.74, 6) is 0.358. The van der Waals surface area contributed by atoms with E-state index in [1.165, 1.54) is 12.4 Å². The van der Waals surface area contributed by atoms with Crippen molar-refractivity contribution < 1.29 is 9.90 Å². The number of β-amino-alcohol motifs (C(OH)–C–C–N with tert-alkyl or cyclic N) is 1. The monoisotopic (exact) mass is 393 g/mol. The van der Waals surface area contributed by atoms with E-state index < -0.39 is 5.60 Å². The third kappa shape index (κ3) is 3.63. The molecule has 1 amide bonds. The van der Waals surface area contributed by atoms with Gasteiger partial charge < -0.3 is 10.0 Å². The maximum absolute atomic E-state index is 12.8. The minimum atomic E-state index is -1.02. The lowest BCUT2D eigenvalue weighted by Crippen LogP contribution is -2.34. The molecule has 5 nitrogen and oxygen atoms in total. The first-order valence-electron chi connectivity index (χ1n) is 9.11. The Kier molecular flexibility index (Phi) is 4.87. The van der Waals surface area contributed by atoms with Crippen molar-refractivity contribution in [3.63, 3.8) is 0 Å². The third-order valence-corrected chi connectivity index (χ3v) is 5.38. The number of hydrogen-bond donors (Lipinski definition) is 1. The van der Waals surface area contributed by atoms with E-state index in [0.717, 1.165) is 16.7 Å². The van der Waals surface area contributed by atoms with Gasteiger partial charge in [0.05, 0.1) is 12.1 Å². The van der Waals surface area contributed by atoms with Crippen molar-refractivity contribution in [1.82, 2.24) is 14.9 Å². The number of carbonyl (C=O) groups is 1. The van der Waals surface area contributed by atoms with E-state index in [9.17, 15) is 9.90 Å². The average molecular weight is 394 g/mol. The third-order valence-electron chi connectivity index (χ3n) is 5.13. The lowest BCUT2D eigenvalue weighted by atomic mass is 9.92. The first-order chi connectivity index (χ1) is 13.4. The summed E-state index contributed by atoms with van der Waals surface area (Å²) in [5, 5.41) is 11.6. The summed E-state index contributed by atoms with van der Waals surface area (Å²) in [5.41, 5.74) is 2.19. The van der Waals surface area contributed by atoms with Crippen LogP contribution in [0.15, 0.2) is 60.9 Å². The molecule has 4 rings (SSSR count). The van der Waals surface area contributed by atoms with Crippen LogP contribution in [0.4, 0.5) is 0 Å². The molecule has 1 aliphatic heterocycles. The second-order valence-corrected chi connectivity index (χ2v) is 7.61. The van der Waals surface area contributed by atoms with Gasteiger partial charge in [0.15, 0.2) is 5.82 Å². The van der Waals surface area contributed by atoms with Crippen molar-refractivity contribution in [1.29, 1.82) is 0 Å². The van der Waals surface area contributed by atoms with Gasteiger partial charge in [-0.2, -0.15) is 0 Å². The van der Waals surface area contributed by atoms with Crippen LogP contribution < -0.4 is 0 Å². The normalized spacial score (nSPS) is 19.0. The Balaban J connectivity index is 1.49. The second kappa shape index (κ2) is 7.34. The zero-order valence-electron chi connectivity index (χ0n) is 15.5. The Bertz CT molecular complexity index is 988. The molecular weight excluding hydrogens is 374 g/mol. The molecule has 6 heteroatoms. The number of carbonyl (C=O) groups excluding carboxylic acids is 1. The summed E-state index contributed by atoms with van der Waals surface area (Å²) >= 11 is 5.90. The van der Waals surface area contributed by atoms with Crippen LogP contribution in [0.25, 0.3) is 11.4 Å². The summed E-state index contributed by atoms with van der Waals surface area (Å²) < 4.78 is 0. The standard InChI is InChI=1S/C22H20ClN3O2/c1-15-2-6-18(7-3-15)22(28)10-11-26(14-22)21(27)17-12-24-20(25-13-17)16-4-8-19(23)9-5-16/h2-9,12-13,28H,10-11,14H2,1H3/t22-/m1/s1. The summed E-state index contributed by atoms with van der Waals surface area (Å²) in [6.45, 7) is 2.75. The van der Waals surface area contributed by atoms with Crippen LogP contribution in [0, 0.1) is 6.92 Å². The quantitative estimate of drug-likeness (QED) is 0.734. The Morgan fingerprint density at radius 1 is 1.07 bits per heavy atom. The van der Waals surface area contributed by atoms with E-state index in [4.69, 9.17) is 11.6 Å². The summed E-state index contributed by atoms with van der Waals surface area (Å²) in [7, 11) is 0. The number of amides is 1. The zero-order valence-corrected chi connectivity index (χ0v) is 16.2. The molecule has 0 saturated carbocycles. The van der Waals surface area contributed by atoms with Crippen molar-refractivity contribution in [2.24, 2.45) is 0 Å². The van der Waals surface area contributed by atoms with E-state index in [2.05, 4.69) is 9.97 Å². The molecule has 142 valence electrons. The van der Waals surface area contributed by atoms with Crippen molar-refractivity contribution in [3.8, 4) is 11.4 Å². The van der Waals surface area contributed by atoms with Crippen LogP contribution in [0.2, 0.25) is 5.02 Å². The number of rotatable bonds is 3. The Hall–Kier alpha value is -2.76. The molecular formula is C22H20ClN3O2. The number of aryl methyl sites for hydroxylation is 1. The second-order valence-electron chi connectivity index (χ2n) is 7.18. The van der Waals surface area contributed by atoms with Gasteiger partial charge in [0, 0.05) is 29.5 Å². The topological polar surface area (TPSA) is 66.3 Å². The number of hydrogen-bond acceptors (Lipinski definition) is 4. The molecule has 0 aliphatic carbocycles. The van der Waals surface area contributed by atoms with Crippen molar-refractivity contribution in [2.45, 2.75) is 18.9 Å². The molecule has 3 aromatic rings. The van der Waals surface area contributed by atoms with E-state index in [1.54, 1.807) is 17.0 Å². The average Bonchev–Trinajstić information content (AvgIpc) is 3.12. The van der Waals surface area contributed by atoms with Gasteiger partial charge >= 0.3 is 0 Å². The maximum Gasteiger partial charge on any atom is 0.257 e. The molecule has 1 aromatic heterocycles. The number of aliphatic hydroxyl groups is 1. The summed E-state index contributed by atoms with van der Waals surface area (Å²) in [4.78, 5) is 23.1. The molecule has 28 heavy (non-hydrogen) atoms. The lowest BCUT2D eigenvalue weighted by Gasteiger charge is -2.24. The van der Waals surface area contributed by atoms with Crippen LogP contribution in [0.1, 0.15) is 27.9 Å². The van der Waals surface area contributed by atoms with Gasteiger partial charge in [-0.1, -0.05) is 41.4 Å². The highest BCUT2D eigenvalue weighted by Gasteiger charge is 2.39. The maximum atomic E-state index is 12.8.